The molecule has 92 valence electrons. The first-order chi connectivity index (χ1) is 8.08. The van der Waals surface area contributed by atoms with Gasteiger partial charge in [0.1, 0.15) is 5.82 Å². The molecule has 1 aliphatic rings. The standard InChI is InChI=1S/C12H14ClFN2O/c13-9-6-7(4-5-10(9)14)16-12(17)8-2-1-3-11(8)15/h4-6,8,11H,1-3,15H2,(H,16,17). The van der Waals surface area contributed by atoms with Gasteiger partial charge in [0.25, 0.3) is 0 Å². The summed E-state index contributed by atoms with van der Waals surface area (Å²) in [5.41, 5.74) is 6.34. The third kappa shape index (κ3) is 2.76. The van der Waals surface area contributed by atoms with Crippen molar-refractivity contribution in [2.24, 2.45) is 11.7 Å². The Morgan fingerprint density at radius 3 is 2.82 bits per heavy atom. The zero-order valence-corrected chi connectivity index (χ0v) is 10.0. The van der Waals surface area contributed by atoms with Crippen LogP contribution in [0, 0.1) is 11.7 Å². The van der Waals surface area contributed by atoms with E-state index in [-0.39, 0.29) is 22.9 Å². The maximum atomic E-state index is 12.9. The van der Waals surface area contributed by atoms with E-state index in [2.05, 4.69) is 5.32 Å². The summed E-state index contributed by atoms with van der Waals surface area (Å²) in [5.74, 6) is -0.765. The topological polar surface area (TPSA) is 55.1 Å². The Morgan fingerprint density at radius 1 is 1.47 bits per heavy atom. The lowest BCUT2D eigenvalue weighted by atomic mass is 10.0. The van der Waals surface area contributed by atoms with Gasteiger partial charge in [0.05, 0.1) is 10.9 Å². The summed E-state index contributed by atoms with van der Waals surface area (Å²) < 4.78 is 12.9. The van der Waals surface area contributed by atoms with Crippen LogP contribution in [0.25, 0.3) is 0 Å². The highest BCUT2D eigenvalue weighted by molar-refractivity contribution is 6.31. The molecule has 1 amide bonds. The van der Waals surface area contributed by atoms with Crippen LogP contribution >= 0.6 is 11.6 Å². The van der Waals surface area contributed by atoms with E-state index >= 15 is 0 Å². The van der Waals surface area contributed by atoms with E-state index in [0.717, 1.165) is 19.3 Å². The number of halogens is 2. The fourth-order valence-corrected chi connectivity index (χ4v) is 2.30. The number of nitrogens with one attached hydrogen (secondary N) is 1. The molecule has 3 nitrogen and oxygen atoms in total. The largest absolute Gasteiger partial charge is 0.327 e. The van der Waals surface area contributed by atoms with Crippen molar-refractivity contribution in [1.82, 2.24) is 0 Å². The van der Waals surface area contributed by atoms with Crippen molar-refractivity contribution in [1.29, 1.82) is 0 Å². The van der Waals surface area contributed by atoms with Crippen LogP contribution in [0.4, 0.5) is 10.1 Å². The molecular weight excluding hydrogens is 243 g/mol. The van der Waals surface area contributed by atoms with E-state index in [1.165, 1.54) is 18.2 Å². The van der Waals surface area contributed by atoms with Crippen LogP contribution in [0.3, 0.4) is 0 Å². The minimum atomic E-state index is -0.498. The van der Waals surface area contributed by atoms with Crippen molar-refractivity contribution in [3.05, 3.63) is 29.0 Å². The zero-order chi connectivity index (χ0) is 12.4. The van der Waals surface area contributed by atoms with Crippen LogP contribution in [0.5, 0.6) is 0 Å². The van der Waals surface area contributed by atoms with Crippen LogP contribution in [-0.4, -0.2) is 11.9 Å². The number of benzene rings is 1. The Bertz CT molecular complexity index is 439. The molecule has 0 radical (unpaired) electrons. The van der Waals surface area contributed by atoms with Crippen LogP contribution < -0.4 is 11.1 Å². The Kier molecular flexibility index (Phi) is 3.64. The summed E-state index contributed by atoms with van der Waals surface area (Å²) >= 11 is 5.63. The maximum absolute atomic E-state index is 12.9. The number of anilines is 1. The van der Waals surface area contributed by atoms with E-state index in [1.807, 2.05) is 0 Å². The quantitative estimate of drug-likeness (QED) is 0.854. The van der Waals surface area contributed by atoms with Gasteiger partial charge in [-0.15, -0.1) is 0 Å². The third-order valence-electron chi connectivity index (χ3n) is 3.09. The monoisotopic (exact) mass is 256 g/mol. The first kappa shape index (κ1) is 12.3. The predicted molar refractivity (Wildman–Crippen MR) is 65.4 cm³/mol. The van der Waals surface area contributed by atoms with Crippen molar-refractivity contribution in [2.45, 2.75) is 25.3 Å². The van der Waals surface area contributed by atoms with Gasteiger partial charge in [-0.05, 0) is 31.0 Å². The fourth-order valence-electron chi connectivity index (χ4n) is 2.12. The molecule has 0 spiro atoms. The summed E-state index contributed by atoms with van der Waals surface area (Å²) in [6.07, 6.45) is 2.66. The van der Waals surface area contributed by atoms with E-state index in [9.17, 15) is 9.18 Å². The molecule has 0 aromatic heterocycles. The number of hydrogen-bond donors (Lipinski definition) is 2. The number of amides is 1. The molecule has 1 aromatic carbocycles. The molecule has 0 heterocycles. The number of carbonyl (C=O) groups is 1. The van der Waals surface area contributed by atoms with Gasteiger partial charge in [-0.3, -0.25) is 4.79 Å². The first-order valence-electron chi connectivity index (χ1n) is 5.59. The molecule has 0 aliphatic heterocycles. The summed E-state index contributed by atoms with van der Waals surface area (Å²) in [6, 6.07) is 4.03. The minimum Gasteiger partial charge on any atom is -0.327 e. The third-order valence-corrected chi connectivity index (χ3v) is 3.38. The van der Waals surface area contributed by atoms with Crippen molar-refractivity contribution >= 4 is 23.2 Å². The van der Waals surface area contributed by atoms with Crippen LogP contribution in [0.2, 0.25) is 5.02 Å². The molecule has 0 saturated heterocycles. The highest BCUT2D eigenvalue weighted by Gasteiger charge is 2.30. The lowest BCUT2D eigenvalue weighted by molar-refractivity contribution is -0.120. The van der Waals surface area contributed by atoms with Crippen LogP contribution in [0.1, 0.15) is 19.3 Å². The molecule has 2 atom stereocenters. The molecule has 5 heteroatoms. The van der Waals surface area contributed by atoms with Crippen molar-refractivity contribution in [2.75, 3.05) is 5.32 Å². The van der Waals surface area contributed by atoms with Crippen molar-refractivity contribution < 1.29 is 9.18 Å². The summed E-state index contributed by atoms with van der Waals surface area (Å²) in [6.45, 7) is 0. The smallest absolute Gasteiger partial charge is 0.229 e. The zero-order valence-electron chi connectivity index (χ0n) is 9.25. The Hall–Kier alpha value is -1.13. The fraction of sp³-hybridized carbons (Fsp3) is 0.417. The number of nitrogens with two attached hydrogens (primary N) is 1. The second-order valence-corrected chi connectivity index (χ2v) is 4.73. The van der Waals surface area contributed by atoms with Crippen molar-refractivity contribution in [3.8, 4) is 0 Å². The van der Waals surface area contributed by atoms with Crippen LogP contribution in [0.15, 0.2) is 18.2 Å². The average Bonchev–Trinajstić information content (AvgIpc) is 2.70. The predicted octanol–water partition coefficient (Wildman–Crippen LogP) is 2.54. The molecule has 1 aromatic rings. The van der Waals surface area contributed by atoms with Gasteiger partial charge in [0.2, 0.25) is 5.91 Å². The highest BCUT2D eigenvalue weighted by Crippen LogP contribution is 2.26. The summed E-state index contributed by atoms with van der Waals surface area (Å²) in [5, 5.41) is 2.71. The van der Waals surface area contributed by atoms with Gasteiger partial charge >= 0.3 is 0 Å². The highest BCUT2D eigenvalue weighted by atomic mass is 35.5. The van der Waals surface area contributed by atoms with Gasteiger partial charge in [-0.1, -0.05) is 18.0 Å². The normalized spacial score (nSPS) is 23.7. The minimum absolute atomic E-state index is 0.00137. The average molecular weight is 257 g/mol. The SMILES string of the molecule is NC1CCCC1C(=O)Nc1ccc(F)c(Cl)c1. The second-order valence-electron chi connectivity index (χ2n) is 4.32. The summed E-state index contributed by atoms with van der Waals surface area (Å²) in [7, 11) is 0. The molecular formula is C12H14ClFN2O. The molecule has 0 bridgehead atoms. The number of rotatable bonds is 2. The van der Waals surface area contributed by atoms with Gasteiger partial charge in [-0.2, -0.15) is 0 Å². The Labute approximate surface area is 104 Å². The molecule has 1 aliphatic carbocycles. The summed E-state index contributed by atoms with van der Waals surface area (Å²) in [4.78, 5) is 11.9. The van der Waals surface area contributed by atoms with E-state index < -0.39 is 5.82 Å². The van der Waals surface area contributed by atoms with Crippen LogP contribution in [-0.2, 0) is 4.79 Å². The maximum Gasteiger partial charge on any atom is 0.229 e. The van der Waals surface area contributed by atoms with E-state index in [0.29, 0.717) is 5.69 Å². The molecule has 1 saturated carbocycles. The van der Waals surface area contributed by atoms with Gasteiger partial charge < -0.3 is 11.1 Å². The van der Waals surface area contributed by atoms with E-state index in [1.54, 1.807) is 0 Å². The second kappa shape index (κ2) is 5.02. The lowest BCUT2D eigenvalue weighted by Gasteiger charge is -2.15. The van der Waals surface area contributed by atoms with E-state index in [4.69, 9.17) is 17.3 Å². The lowest BCUT2D eigenvalue weighted by Crippen LogP contribution is -2.34. The molecule has 17 heavy (non-hydrogen) atoms. The Balaban J connectivity index is 2.05. The van der Waals surface area contributed by atoms with Crippen molar-refractivity contribution in [3.63, 3.8) is 0 Å². The molecule has 1 fully saturated rings. The number of hydrogen-bond acceptors (Lipinski definition) is 2. The van der Waals surface area contributed by atoms with Gasteiger partial charge in [-0.25, -0.2) is 4.39 Å². The van der Waals surface area contributed by atoms with Gasteiger partial charge in [0.15, 0.2) is 0 Å². The Morgan fingerprint density at radius 2 is 2.24 bits per heavy atom. The molecule has 3 N–H and O–H groups in total. The number of carbonyl (C=O) groups excluding carboxylic acids is 1. The molecule has 2 rings (SSSR count). The van der Waals surface area contributed by atoms with Gasteiger partial charge in [0, 0.05) is 11.7 Å². The molecule has 2 unspecified atom stereocenters. The first-order valence-corrected chi connectivity index (χ1v) is 5.97.